The van der Waals surface area contributed by atoms with Gasteiger partial charge < -0.3 is 14.4 Å². The molecule has 8 heteroatoms. The largest absolute Gasteiger partial charge is 0.493 e. The van der Waals surface area contributed by atoms with Crippen LogP contribution in [0, 0.1) is 11.8 Å². The number of hydrogen-bond donors (Lipinski definition) is 0. The van der Waals surface area contributed by atoms with Gasteiger partial charge in [0.1, 0.15) is 6.04 Å². The summed E-state index contributed by atoms with van der Waals surface area (Å²) in [6.07, 6.45) is 3.78. The fraction of sp³-hybridized carbons (Fsp3) is 0.207. The highest BCUT2D eigenvalue weighted by Gasteiger charge is 2.64. The zero-order valence-electron chi connectivity index (χ0n) is 20.1. The summed E-state index contributed by atoms with van der Waals surface area (Å²) in [5.74, 6) is -1.52. The molecule has 0 spiro atoms. The van der Waals surface area contributed by atoms with Gasteiger partial charge in [0.2, 0.25) is 11.8 Å². The third kappa shape index (κ3) is 3.50. The number of Topliss-reactive ketones (excluding diaryl/α,β-unsaturated/α-hetero) is 1. The lowest BCUT2D eigenvalue weighted by Crippen LogP contribution is -2.44. The molecule has 6 rings (SSSR count). The number of methoxy groups -OCH3 is 2. The van der Waals surface area contributed by atoms with Gasteiger partial charge in [-0.05, 0) is 59.7 Å². The highest BCUT2D eigenvalue weighted by molar-refractivity contribution is 9.10. The molecule has 3 aliphatic rings. The number of anilines is 1. The monoisotopic (exact) mass is 558 g/mol. The fourth-order valence-electron chi connectivity index (χ4n) is 5.86. The van der Waals surface area contributed by atoms with Crippen LogP contribution in [0.3, 0.4) is 0 Å². The molecule has 2 saturated heterocycles. The van der Waals surface area contributed by atoms with Gasteiger partial charge >= 0.3 is 0 Å². The summed E-state index contributed by atoms with van der Waals surface area (Å²) < 4.78 is 11.6. The van der Waals surface area contributed by atoms with Crippen molar-refractivity contribution in [3.05, 3.63) is 94.1 Å². The van der Waals surface area contributed by atoms with E-state index in [0.717, 1.165) is 15.6 Å². The van der Waals surface area contributed by atoms with Crippen molar-refractivity contribution in [1.82, 2.24) is 4.90 Å². The lowest BCUT2D eigenvalue weighted by molar-refractivity contribution is -0.123. The number of halogens is 1. The fourth-order valence-corrected chi connectivity index (χ4v) is 6.13. The maximum absolute atomic E-state index is 14.1. The van der Waals surface area contributed by atoms with Crippen LogP contribution in [-0.2, 0) is 9.59 Å². The number of amides is 2. The van der Waals surface area contributed by atoms with E-state index in [1.807, 2.05) is 41.4 Å². The molecule has 0 bridgehead atoms. The molecule has 0 saturated carbocycles. The van der Waals surface area contributed by atoms with Gasteiger partial charge in [-0.15, -0.1) is 0 Å². The number of imide groups is 1. The summed E-state index contributed by atoms with van der Waals surface area (Å²) in [6, 6.07) is 18.5. The van der Waals surface area contributed by atoms with Crippen molar-refractivity contribution in [2.45, 2.75) is 12.1 Å². The SMILES string of the molecule is COc1ccc(C(=O)C2C3C(=O)N(c4ccc(Br)cc4)C(=O)C3C3c4ccccc4C=CN23)cc1OC. The highest BCUT2D eigenvalue weighted by atomic mass is 79.9. The predicted molar refractivity (Wildman–Crippen MR) is 141 cm³/mol. The number of carbonyl (C=O) groups is 3. The molecule has 0 radical (unpaired) electrons. The number of ether oxygens (including phenoxy) is 2. The lowest BCUT2D eigenvalue weighted by Gasteiger charge is -2.35. The van der Waals surface area contributed by atoms with Crippen molar-refractivity contribution in [2.24, 2.45) is 11.8 Å². The third-order valence-electron chi connectivity index (χ3n) is 7.48. The first-order valence-electron chi connectivity index (χ1n) is 11.9. The van der Waals surface area contributed by atoms with E-state index in [2.05, 4.69) is 15.9 Å². The maximum Gasteiger partial charge on any atom is 0.240 e. The minimum atomic E-state index is -0.852. The Kier molecular flexibility index (Phi) is 5.64. The molecule has 3 heterocycles. The zero-order chi connectivity index (χ0) is 25.8. The van der Waals surface area contributed by atoms with Gasteiger partial charge in [-0.2, -0.15) is 0 Å². The molecule has 0 N–H and O–H groups in total. The smallest absolute Gasteiger partial charge is 0.240 e. The van der Waals surface area contributed by atoms with E-state index in [9.17, 15) is 14.4 Å². The van der Waals surface area contributed by atoms with Crippen LogP contribution in [0.25, 0.3) is 6.08 Å². The molecule has 37 heavy (non-hydrogen) atoms. The molecule has 3 aromatic carbocycles. The van der Waals surface area contributed by atoms with E-state index in [-0.39, 0.29) is 17.6 Å². The normalized spacial score (nSPS) is 23.5. The topological polar surface area (TPSA) is 76.2 Å². The van der Waals surface area contributed by atoms with Gasteiger partial charge in [-0.25, -0.2) is 4.90 Å². The first kappa shape index (κ1) is 23.5. The Labute approximate surface area is 222 Å². The van der Waals surface area contributed by atoms with Gasteiger partial charge in [0.05, 0.1) is 37.8 Å². The van der Waals surface area contributed by atoms with Gasteiger partial charge in [0, 0.05) is 16.2 Å². The summed E-state index contributed by atoms with van der Waals surface area (Å²) in [6.45, 7) is 0. The molecule has 7 nitrogen and oxygen atoms in total. The molecule has 2 amide bonds. The minimum absolute atomic E-state index is 0.249. The Bertz CT molecular complexity index is 1470. The molecule has 0 aliphatic carbocycles. The van der Waals surface area contributed by atoms with Crippen LogP contribution in [0.2, 0.25) is 0 Å². The number of carbonyl (C=O) groups excluding carboxylic acids is 3. The van der Waals surface area contributed by atoms with Crippen LogP contribution in [0.5, 0.6) is 11.5 Å². The van der Waals surface area contributed by atoms with Crippen molar-refractivity contribution in [1.29, 1.82) is 0 Å². The zero-order valence-corrected chi connectivity index (χ0v) is 21.7. The highest BCUT2D eigenvalue weighted by Crippen LogP contribution is 2.53. The first-order valence-corrected chi connectivity index (χ1v) is 12.7. The van der Waals surface area contributed by atoms with Crippen molar-refractivity contribution in [2.75, 3.05) is 19.1 Å². The number of benzene rings is 3. The maximum atomic E-state index is 14.1. The molecule has 0 aromatic heterocycles. The van der Waals surface area contributed by atoms with Crippen molar-refractivity contribution in [3.63, 3.8) is 0 Å². The van der Waals surface area contributed by atoms with Gasteiger partial charge in [0.25, 0.3) is 0 Å². The van der Waals surface area contributed by atoms with Crippen LogP contribution in [0.4, 0.5) is 5.69 Å². The third-order valence-corrected chi connectivity index (χ3v) is 8.01. The molecule has 2 fully saturated rings. The molecule has 4 unspecified atom stereocenters. The molecule has 3 aromatic rings. The van der Waals surface area contributed by atoms with Gasteiger partial charge in [0.15, 0.2) is 17.3 Å². The number of nitrogens with zero attached hydrogens (tertiary/aromatic N) is 2. The van der Waals surface area contributed by atoms with Crippen LogP contribution in [0.1, 0.15) is 27.5 Å². The predicted octanol–water partition coefficient (Wildman–Crippen LogP) is 4.86. The second kappa shape index (κ2) is 8.88. The molecular formula is C29H23BrN2O5. The average molecular weight is 559 g/mol. The second-order valence-corrected chi connectivity index (χ2v) is 10.2. The quantitative estimate of drug-likeness (QED) is 0.328. The standard InChI is InChI=1S/C29H23BrN2O5/c1-36-21-12-7-17(15-22(21)37-2)27(33)26-24-23(25-20-6-4-3-5-16(20)13-14-31(25)26)28(34)32(29(24)35)19-10-8-18(30)9-11-19/h3-15,23-26H,1-2H3. The average Bonchev–Trinajstić information content (AvgIpc) is 3.40. The number of ketones is 1. The van der Waals surface area contributed by atoms with E-state index in [0.29, 0.717) is 22.7 Å². The van der Waals surface area contributed by atoms with Crippen LogP contribution < -0.4 is 14.4 Å². The van der Waals surface area contributed by atoms with E-state index in [1.165, 1.54) is 19.1 Å². The Balaban J connectivity index is 1.48. The number of rotatable bonds is 5. The van der Waals surface area contributed by atoms with Gasteiger partial charge in [-0.3, -0.25) is 14.4 Å². The van der Waals surface area contributed by atoms with E-state index < -0.39 is 23.9 Å². The number of hydrogen-bond acceptors (Lipinski definition) is 6. The molecule has 4 atom stereocenters. The summed E-state index contributed by atoms with van der Waals surface area (Å²) in [5.41, 5.74) is 2.79. The van der Waals surface area contributed by atoms with Gasteiger partial charge in [-0.1, -0.05) is 40.2 Å². The molecule has 3 aliphatic heterocycles. The summed E-state index contributed by atoms with van der Waals surface area (Å²) >= 11 is 3.41. The Morgan fingerprint density at radius 3 is 2.30 bits per heavy atom. The molecule has 186 valence electrons. The van der Waals surface area contributed by atoms with E-state index >= 15 is 0 Å². The second-order valence-electron chi connectivity index (χ2n) is 9.26. The van der Waals surface area contributed by atoms with Crippen molar-refractivity contribution in [3.8, 4) is 11.5 Å². The van der Waals surface area contributed by atoms with Crippen LogP contribution >= 0.6 is 15.9 Å². The van der Waals surface area contributed by atoms with Crippen LogP contribution in [-0.4, -0.2) is 42.8 Å². The van der Waals surface area contributed by atoms with Crippen molar-refractivity contribution >= 4 is 45.3 Å². The first-order chi connectivity index (χ1) is 17.9. The van der Waals surface area contributed by atoms with E-state index in [4.69, 9.17) is 9.47 Å². The Morgan fingerprint density at radius 2 is 1.57 bits per heavy atom. The van der Waals surface area contributed by atoms with Crippen LogP contribution in [0.15, 0.2) is 77.4 Å². The Hall–Kier alpha value is -3.91. The summed E-state index contributed by atoms with van der Waals surface area (Å²) in [4.78, 5) is 45.1. The van der Waals surface area contributed by atoms with E-state index in [1.54, 1.807) is 42.5 Å². The minimum Gasteiger partial charge on any atom is -0.493 e. The number of fused-ring (bicyclic) bond motifs is 5. The summed E-state index contributed by atoms with van der Waals surface area (Å²) in [7, 11) is 3.04. The summed E-state index contributed by atoms with van der Waals surface area (Å²) in [5, 5.41) is 0. The Morgan fingerprint density at radius 1 is 0.865 bits per heavy atom. The molecular weight excluding hydrogens is 536 g/mol. The lowest BCUT2D eigenvalue weighted by atomic mass is 9.83. The van der Waals surface area contributed by atoms with Crippen molar-refractivity contribution < 1.29 is 23.9 Å².